The Hall–Kier alpha value is -2.34. The van der Waals surface area contributed by atoms with Crippen LogP contribution in [0.25, 0.3) is 0 Å². The van der Waals surface area contributed by atoms with Crippen molar-refractivity contribution in [3.63, 3.8) is 0 Å². The molecule has 0 aliphatic carbocycles. The predicted molar refractivity (Wildman–Crippen MR) is 107 cm³/mol. The Morgan fingerprint density at radius 1 is 1.04 bits per heavy atom. The zero-order valence-corrected chi connectivity index (χ0v) is 16.3. The monoisotopic (exact) mass is 367 g/mol. The molecule has 144 valence electrons. The molecule has 0 radical (unpaired) electrons. The van der Waals surface area contributed by atoms with Crippen molar-refractivity contribution in [1.82, 2.24) is 19.4 Å². The summed E-state index contributed by atoms with van der Waals surface area (Å²) in [6.07, 6.45) is 1.95. The highest BCUT2D eigenvalue weighted by Crippen LogP contribution is 2.18. The molecule has 6 nitrogen and oxygen atoms in total. The Morgan fingerprint density at radius 3 is 2.48 bits per heavy atom. The fourth-order valence-corrected chi connectivity index (χ4v) is 4.05. The topological polar surface area (TPSA) is 44.6 Å². The van der Waals surface area contributed by atoms with Crippen molar-refractivity contribution < 1.29 is 4.79 Å². The van der Waals surface area contributed by atoms with Crippen LogP contribution in [0.1, 0.15) is 30.2 Å². The van der Waals surface area contributed by atoms with E-state index in [0.29, 0.717) is 11.6 Å². The number of benzene rings is 1. The summed E-state index contributed by atoms with van der Waals surface area (Å²) >= 11 is 0. The lowest BCUT2D eigenvalue weighted by Crippen LogP contribution is -2.48. The Labute approximate surface area is 161 Å². The van der Waals surface area contributed by atoms with Gasteiger partial charge in [-0.15, -0.1) is 0 Å². The van der Waals surface area contributed by atoms with Crippen molar-refractivity contribution >= 4 is 11.6 Å². The van der Waals surface area contributed by atoms with Gasteiger partial charge in [-0.2, -0.15) is 0 Å². The van der Waals surface area contributed by atoms with Crippen LogP contribution >= 0.6 is 0 Å². The van der Waals surface area contributed by atoms with Crippen LogP contribution in [-0.4, -0.2) is 64.5 Å². The molecule has 0 bridgehead atoms. The Bertz CT molecular complexity index is 777. The molecule has 0 saturated carbocycles. The van der Waals surface area contributed by atoms with E-state index in [-0.39, 0.29) is 5.91 Å². The Balaban J connectivity index is 1.38. The number of carbonyl (C=O) groups excluding carboxylic acids is 1. The van der Waals surface area contributed by atoms with Gasteiger partial charge in [-0.05, 0) is 18.1 Å². The summed E-state index contributed by atoms with van der Waals surface area (Å²) in [4.78, 5) is 24.3. The van der Waals surface area contributed by atoms with E-state index in [2.05, 4.69) is 57.5 Å². The maximum atomic E-state index is 12.9. The van der Waals surface area contributed by atoms with Gasteiger partial charge in [-0.3, -0.25) is 9.69 Å². The van der Waals surface area contributed by atoms with Gasteiger partial charge in [0, 0.05) is 57.7 Å². The average molecular weight is 367 g/mol. The SMILES string of the molecule is CC(C)CN1CCn2cc(C(=O)N3CCN(c4ccccc4)CC3)nc2C1. The van der Waals surface area contributed by atoms with Crippen molar-refractivity contribution in [1.29, 1.82) is 0 Å². The molecule has 0 unspecified atom stereocenters. The number of fused-ring (bicyclic) bond motifs is 1. The largest absolute Gasteiger partial charge is 0.368 e. The van der Waals surface area contributed by atoms with Crippen molar-refractivity contribution in [3.8, 4) is 0 Å². The predicted octanol–water partition coefficient (Wildman–Crippen LogP) is 2.32. The van der Waals surface area contributed by atoms with E-state index in [9.17, 15) is 4.79 Å². The normalized spacial score (nSPS) is 18.0. The summed E-state index contributed by atoms with van der Waals surface area (Å²) in [6, 6.07) is 10.4. The van der Waals surface area contributed by atoms with Crippen molar-refractivity contribution in [3.05, 3.63) is 48.0 Å². The Kier molecular flexibility index (Phi) is 5.16. The molecule has 2 aromatic rings. The minimum absolute atomic E-state index is 0.0695. The first kappa shape index (κ1) is 18.0. The second kappa shape index (κ2) is 7.72. The number of hydrogen-bond donors (Lipinski definition) is 0. The quantitative estimate of drug-likeness (QED) is 0.832. The first-order valence-electron chi connectivity index (χ1n) is 9.98. The molecule has 0 spiro atoms. The molecule has 2 aliphatic rings. The van der Waals surface area contributed by atoms with Crippen LogP contribution in [0.4, 0.5) is 5.69 Å². The Morgan fingerprint density at radius 2 is 1.78 bits per heavy atom. The van der Waals surface area contributed by atoms with Crippen LogP contribution in [0.2, 0.25) is 0 Å². The summed E-state index contributed by atoms with van der Waals surface area (Å²) in [5, 5.41) is 0. The van der Waals surface area contributed by atoms with Gasteiger partial charge in [0.15, 0.2) is 0 Å². The average Bonchev–Trinajstić information content (AvgIpc) is 3.11. The molecule has 1 fully saturated rings. The van der Waals surface area contributed by atoms with E-state index < -0.39 is 0 Å². The number of aromatic nitrogens is 2. The summed E-state index contributed by atoms with van der Waals surface area (Å²) < 4.78 is 2.16. The van der Waals surface area contributed by atoms with E-state index in [1.165, 1.54) is 5.69 Å². The molecule has 27 heavy (non-hydrogen) atoms. The molecule has 6 heteroatoms. The second-order valence-electron chi connectivity index (χ2n) is 7.98. The van der Waals surface area contributed by atoms with Gasteiger partial charge in [0.25, 0.3) is 5.91 Å². The van der Waals surface area contributed by atoms with Gasteiger partial charge in [0.2, 0.25) is 0 Å². The molecular weight excluding hydrogens is 338 g/mol. The van der Waals surface area contributed by atoms with Gasteiger partial charge >= 0.3 is 0 Å². The van der Waals surface area contributed by atoms with Gasteiger partial charge in [-0.1, -0.05) is 32.0 Å². The number of piperazine rings is 1. The number of anilines is 1. The second-order valence-corrected chi connectivity index (χ2v) is 7.98. The molecule has 4 rings (SSSR count). The van der Waals surface area contributed by atoms with Crippen LogP contribution < -0.4 is 4.90 Å². The van der Waals surface area contributed by atoms with E-state index >= 15 is 0 Å². The van der Waals surface area contributed by atoms with Gasteiger partial charge in [0.05, 0.1) is 6.54 Å². The molecule has 0 N–H and O–H groups in total. The third-order valence-electron chi connectivity index (χ3n) is 5.41. The summed E-state index contributed by atoms with van der Waals surface area (Å²) in [5.41, 5.74) is 1.83. The highest BCUT2D eigenvalue weighted by molar-refractivity contribution is 5.92. The highest BCUT2D eigenvalue weighted by Gasteiger charge is 2.26. The standard InChI is InChI=1S/C21H29N5O/c1-17(2)14-23-8-9-26-15-19(22-20(26)16-23)21(27)25-12-10-24(11-13-25)18-6-4-3-5-7-18/h3-7,15,17H,8-14,16H2,1-2H3. The summed E-state index contributed by atoms with van der Waals surface area (Å²) in [5.74, 6) is 1.74. The van der Waals surface area contributed by atoms with Gasteiger partial charge in [0.1, 0.15) is 11.5 Å². The van der Waals surface area contributed by atoms with Crippen LogP contribution in [0.5, 0.6) is 0 Å². The minimum Gasteiger partial charge on any atom is -0.368 e. The number of hydrogen-bond acceptors (Lipinski definition) is 4. The van der Waals surface area contributed by atoms with Crippen molar-refractivity contribution in [2.24, 2.45) is 5.92 Å². The molecule has 1 aromatic heterocycles. The third kappa shape index (κ3) is 4.00. The number of para-hydroxylation sites is 1. The minimum atomic E-state index is 0.0695. The van der Waals surface area contributed by atoms with E-state index in [1.54, 1.807) is 0 Å². The number of rotatable bonds is 4. The number of nitrogens with zero attached hydrogens (tertiary/aromatic N) is 5. The maximum absolute atomic E-state index is 12.9. The molecule has 1 amide bonds. The van der Waals surface area contributed by atoms with Crippen LogP contribution in [-0.2, 0) is 13.1 Å². The smallest absolute Gasteiger partial charge is 0.274 e. The van der Waals surface area contributed by atoms with E-state index in [0.717, 1.165) is 58.2 Å². The van der Waals surface area contributed by atoms with E-state index in [4.69, 9.17) is 0 Å². The summed E-state index contributed by atoms with van der Waals surface area (Å²) in [6.45, 7) is 11.6. The highest BCUT2D eigenvalue weighted by atomic mass is 16.2. The van der Waals surface area contributed by atoms with E-state index in [1.807, 2.05) is 17.2 Å². The molecule has 0 atom stereocenters. The number of carbonyl (C=O) groups is 1. The fraction of sp³-hybridized carbons (Fsp3) is 0.524. The van der Waals surface area contributed by atoms with Crippen molar-refractivity contribution in [2.75, 3.05) is 44.2 Å². The van der Waals surface area contributed by atoms with Crippen molar-refractivity contribution in [2.45, 2.75) is 26.9 Å². The molecule has 2 aliphatic heterocycles. The number of imidazole rings is 1. The maximum Gasteiger partial charge on any atom is 0.274 e. The zero-order chi connectivity index (χ0) is 18.8. The fourth-order valence-electron chi connectivity index (χ4n) is 4.05. The third-order valence-corrected chi connectivity index (χ3v) is 5.41. The van der Waals surface area contributed by atoms with Crippen LogP contribution in [0.15, 0.2) is 36.5 Å². The lowest BCUT2D eigenvalue weighted by molar-refractivity contribution is 0.0741. The first-order chi connectivity index (χ1) is 13.1. The number of amides is 1. The van der Waals surface area contributed by atoms with Crippen LogP contribution in [0, 0.1) is 5.92 Å². The molecule has 1 saturated heterocycles. The molecule has 1 aromatic carbocycles. The lowest BCUT2D eigenvalue weighted by Gasteiger charge is -2.35. The van der Waals surface area contributed by atoms with Gasteiger partial charge in [-0.25, -0.2) is 4.98 Å². The summed E-state index contributed by atoms with van der Waals surface area (Å²) in [7, 11) is 0. The lowest BCUT2D eigenvalue weighted by atomic mass is 10.2. The zero-order valence-electron chi connectivity index (χ0n) is 16.3. The van der Waals surface area contributed by atoms with Gasteiger partial charge < -0.3 is 14.4 Å². The molecular formula is C21H29N5O. The molecule has 3 heterocycles. The van der Waals surface area contributed by atoms with Crippen LogP contribution in [0.3, 0.4) is 0 Å². The first-order valence-corrected chi connectivity index (χ1v) is 9.98.